The molecule has 4 N–H and O–H groups in total. The van der Waals surface area contributed by atoms with Crippen LogP contribution in [0.3, 0.4) is 0 Å². The molecule has 0 aliphatic carbocycles. The number of imidazole rings is 1. The zero-order valence-corrected chi connectivity index (χ0v) is 13.8. The van der Waals surface area contributed by atoms with Gasteiger partial charge in [0.15, 0.2) is 11.5 Å². The van der Waals surface area contributed by atoms with Crippen LogP contribution in [0.2, 0.25) is 0 Å². The number of nitrogens with zero attached hydrogens (tertiary/aromatic N) is 3. The number of alkyl halides is 3. The monoisotopic (exact) mass is 374 g/mol. The van der Waals surface area contributed by atoms with E-state index >= 15 is 0 Å². The number of nitrogens with two attached hydrogens (primary N) is 1. The lowest BCUT2D eigenvalue weighted by molar-refractivity contribution is -0.137. The van der Waals surface area contributed by atoms with Crippen molar-refractivity contribution >= 4 is 22.9 Å². The van der Waals surface area contributed by atoms with Gasteiger partial charge in [0.2, 0.25) is 0 Å². The number of rotatable bonds is 3. The second-order valence-electron chi connectivity index (χ2n) is 5.42. The zero-order chi connectivity index (χ0) is 19.4. The van der Waals surface area contributed by atoms with Gasteiger partial charge in [-0.1, -0.05) is 11.8 Å². The summed E-state index contributed by atoms with van der Waals surface area (Å²) in [4.78, 5) is 26.4. The predicted octanol–water partition coefficient (Wildman–Crippen LogP) is 2.13. The molecule has 0 saturated heterocycles. The average molecular weight is 374 g/mol. The first kappa shape index (κ1) is 18.2. The van der Waals surface area contributed by atoms with Crippen LogP contribution in [0.5, 0.6) is 0 Å². The van der Waals surface area contributed by atoms with Gasteiger partial charge in [-0.2, -0.15) is 13.2 Å². The molecule has 0 spiro atoms. The number of pyridine rings is 2. The summed E-state index contributed by atoms with van der Waals surface area (Å²) in [6.45, 7) is 0.199. The number of amides is 1. The van der Waals surface area contributed by atoms with Crippen LogP contribution in [0.1, 0.15) is 28.2 Å². The largest absolute Gasteiger partial charge is 0.419 e. The van der Waals surface area contributed by atoms with Crippen LogP contribution in [-0.4, -0.2) is 32.4 Å². The number of aromatic nitrogens is 4. The minimum absolute atomic E-state index is 0.0891. The Hall–Kier alpha value is -3.61. The van der Waals surface area contributed by atoms with Gasteiger partial charge in [-0.25, -0.2) is 15.0 Å². The Morgan fingerprint density at radius 2 is 2.15 bits per heavy atom. The number of nitrogen functional groups attached to an aromatic ring is 1. The summed E-state index contributed by atoms with van der Waals surface area (Å²) in [7, 11) is 0. The highest BCUT2D eigenvalue weighted by Gasteiger charge is 2.33. The Balaban J connectivity index is 1.57. The van der Waals surface area contributed by atoms with E-state index in [0.717, 1.165) is 12.3 Å². The third-order valence-corrected chi connectivity index (χ3v) is 3.46. The van der Waals surface area contributed by atoms with Crippen LogP contribution in [0.15, 0.2) is 30.6 Å². The van der Waals surface area contributed by atoms with E-state index in [0.29, 0.717) is 11.2 Å². The van der Waals surface area contributed by atoms with Gasteiger partial charge in [-0.15, -0.1) is 0 Å². The Kier molecular flexibility index (Phi) is 4.94. The molecule has 0 aliphatic rings. The summed E-state index contributed by atoms with van der Waals surface area (Å²) in [5, 5.41) is 2.61. The van der Waals surface area contributed by atoms with Crippen molar-refractivity contribution in [3.8, 4) is 11.8 Å². The highest BCUT2D eigenvalue weighted by molar-refractivity contribution is 5.93. The fourth-order valence-corrected chi connectivity index (χ4v) is 2.21. The maximum atomic E-state index is 12.8. The number of H-pyrrole nitrogens is 1. The molecule has 3 rings (SSSR count). The highest BCUT2D eigenvalue weighted by Crippen LogP contribution is 2.32. The number of hydrogen-bond donors (Lipinski definition) is 3. The van der Waals surface area contributed by atoms with Crippen molar-refractivity contribution in [2.24, 2.45) is 0 Å². The number of aromatic amines is 1. The van der Waals surface area contributed by atoms with Gasteiger partial charge in [0, 0.05) is 30.9 Å². The number of carbonyl (C=O) groups is 1. The second-order valence-corrected chi connectivity index (χ2v) is 5.42. The van der Waals surface area contributed by atoms with Crippen LogP contribution in [0, 0.1) is 11.8 Å². The predicted molar refractivity (Wildman–Crippen MR) is 91.4 cm³/mol. The number of fused-ring (bicyclic) bond motifs is 1. The molecule has 0 saturated carbocycles. The molecular formula is C17H13F3N6O. The number of nitrogens with one attached hydrogen (secondary N) is 2. The molecule has 0 unspecified atom stereocenters. The van der Waals surface area contributed by atoms with E-state index in [1.165, 1.54) is 0 Å². The number of carbonyl (C=O) groups excluding carboxylic acids is 1. The summed E-state index contributed by atoms with van der Waals surface area (Å²) in [5.74, 6) is 4.34. The van der Waals surface area contributed by atoms with Gasteiger partial charge in [0.25, 0.3) is 5.91 Å². The molecule has 3 heterocycles. The minimum Gasteiger partial charge on any atom is -0.383 e. The molecule has 1 amide bonds. The van der Waals surface area contributed by atoms with Crippen LogP contribution in [-0.2, 0) is 6.18 Å². The van der Waals surface area contributed by atoms with Gasteiger partial charge in [-0.3, -0.25) is 4.79 Å². The molecule has 0 atom stereocenters. The van der Waals surface area contributed by atoms with Crippen molar-refractivity contribution in [2.45, 2.75) is 12.6 Å². The lowest BCUT2D eigenvalue weighted by atomic mass is 10.2. The van der Waals surface area contributed by atoms with Crippen molar-refractivity contribution in [1.29, 1.82) is 0 Å². The SMILES string of the molecule is Nc1ncc(C#CCCNC(=O)c2nc3ncccc3[nH]2)cc1C(F)(F)F. The van der Waals surface area contributed by atoms with Crippen LogP contribution in [0.25, 0.3) is 11.2 Å². The molecule has 138 valence electrons. The first-order chi connectivity index (χ1) is 12.8. The smallest absolute Gasteiger partial charge is 0.383 e. The van der Waals surface area contributed by atoms with Crippen molar-refractivity contribution in [3.63, 3.8) is 0 Å². The Bertz CT molecular complexity index is 1010. The molecule has 7 nitrogen and oxygen atoms in total. The average Bonchev–Trinajstić information content (AvgIpc) is 3.06. The fraction of sp³-hybridized carbons (Fsp3) is 0.176. The normalized spacial score (nSPS) is 11.1. The van der Waals surface area contributed by atoms with Crippen LogP contribution < -0.4 is 11.1 Å². The number of hydrogen-bond acceptors (Lipinski definition) is 5. The second kappa shape index (κ2) is 7.33. The highest BCUT2D eigenvalue weighted by atomic mass is 19.4. The first-order valence-corrected chi connectivity index (χ1v) is 7.75. The summed E-state index contributed by atoms with van der Waals surface area (Å²) < 4.78 is 38.3. The molecular weight excluding hydrogens is 361 g/mol. The van der Waals surface area contributed by atoms with E-state index in [1.54, 1.807) is 18.3 Å². The van der Waals surface area contributed by atoms with Gasteiger partial charge in [0.1, 0.15) is 5.82 Å². The van der Waals surface area contributed by atoms with E-state index in [4.69, 9.17) is 5.73 Å². The van der Waals surface area contributed by atoms with E-state index in [-0.39, 0.29) is 24.4 Å². The van der Waals surface area contributed by atoms with Crippen molar-refractivity contribution in [3.05, 3.63) is 47.5 Å². The summed E-state index contributed by atoms with van der Waals surface area (Å²) in [6.07, 6.45) is -1.63. The quantitative estimate of drug-likeness (QED) is 0.481. The van der Waals surface area contributed by atoms with Gasteiger partial charge in [0.05, 0.1) is 11.1 Å². The fourth-order valence-electron chi connectivity index (χ4n) is 2.21. The Labute approximate surface area is 151 Å². The van der Waals surface area contributed by atoms with Crippen LogP contribution in [0.4, 0.5) is 19.0 Å². The van der Waals surface area contributed by atoms with Crippen molar-refractivity contribution in [1.82, 2.24) is 25.3 Å². The molecule has 0 aliphatic heterocycles. The molecule has 3 aromatic heterocycles. The van der Waals surface area contributed by atoms with E-state index in [2.05, 4.69) is 37.1 Å². The maximum Gasteiger partial charge on any atom is 0.419 e. The number of halogens is 3. The van der Waals surface area contributed by atoms with Gasteiger partial charge < -0.3 is 16.0 Å². The molecule has 27 heavy (non-hydrogen) atoms. The summed E-state index contributed by atoms with van der Waals surface area (Å²) in [6, 6.07) is 4.30. The molecule has 0 bridgehead atoms. The Morgan fingerprint density at radius 1 is 1.33 bits per heavy atom. The minimum atomic E-state index is -4.59. The lowest BCUT2D eigenvalue weighted by Crippen LogP contribution is -2.25. The van der Waals surface area contributed by atoms with E-state index in [9.17, 15) is 18.0 Å². The molecule has 0 aromatic carbocycles. The third kappa shape index (κ3) is 4.33. The van der Waals surface area contributed by atoms with E-state index in [1.807, 2.05) is 0 Å². The van der Waals surface area contributed by atoms with Gasteiger partial charge >= 0.3 is 6.18 Å². The maximum absolute atomic E-state index is 12.8. The topological polar surface area (TPSA) is 110 Å². The van der Waals surface area contributed by atoms with E-state index < -0.39 is 23.5 Å². The third-order valence-electron chi connectivity index (χ3n) is 3.46. The molecule has 0 radical (unpaired) electrons. The molecule has 0 fully saturated rings. The van der Waals surface area contributed by atoms with Crippen molar-refractivity contribution < 1.29 is 18.0 Å². The Morgan fingerprint density at radius 3 is 2.89 bits per heavy atom. The summed E-state index contributed by atoms with van der Waals surface area (Å²) >= 11 is 0. The summed E-state index contributed by atoms with van der Waals surface area (Å²) in [5.41, 5.74) is 5.36. The van der Waals surface area contributed by atoms with Crippen LogP contribution >= 0.6 is 0 Å². The first-order valence-electron chi connectivity index (χ1n) is 7.75. The molecule has 10 heteroatoms. The zero-order valence-electron chi connectivity index (χ0n) is 13.8. The number of anilines is 1. The van der Waals surface area contributed by atoms with Crippen molar-refractivity contribution in [2.75, 3.05) is 12.3 Å². The lowest BCUT2D eigenvalue weighted by Gasteiger charge is -2.08. The van der Waals surface area contributed by atoms with Gasteiger partial charge in [-0.05, 0) is 18.2 Å². The standard InChI is InChI=1S/C17H13F3N6O/c18-17(19,20)11-8-10(9-24-13(11)21)4-1-2-6-23-16(27)15-25-12-5-3-7-22-14(12)26-15/h3,5,7-9H,2,6H2,(H2,21,24)(H,23,27)(H,22,25,26). The molecule has 3 aromatic rings.